The largest absolute Gasteiger partial charge is 0.355 e. The Balaban J connectivity index is 1.66. The monoisotopic (exact) mass is 337 g/mol. The van der Waals surface area contributed by atoms with Crippen molar-refractivity contribution >= 4 is 5.82 Å². The normalized spacial score (nSPS) is 26.3. The van der Waals surface area contributed by atoms with Gasteiger partial charge in [0.15, 0.2) is 0 Å². The van der Waals surface area contributed by atoms with Crippen LogP contribution in [-0.4, -0.2) is 36.1 Å². The van der Waals surface area contributed by atoms with E-state index in [-0.39, 0.29) is 6.04 Å². The molecular formula is C20H27N5. The van der Waals surface area contributed by atoms with Gasteiger partial charge in [0.25, 0.3) is 0 Å². The van der Waals surface area contributed by atoms with Gasteiger partial charge in [-0.25, -0.2) is 9.97 Å². The number of hydrogen-bond acceptors (Lipinski definition) is 5. The summed E-state index contributed by atoms with van der Waals surface area (Å²) in [6.07, 6.45) is 5.90. The summed E-state index contributed by atoms with van der Waals surface area (Å²) in [5, 5.41) is 3.38. The number of anilines is 1. The Labute approximate surface area is 149 Å². The van der Waals surface area contributed by atoms with Crippen molar-refractivity contribution in [3.63, 3.8) is 0 Å². The van der Waals surface area contributed by atoms with E-state index in [1.165, 1.54) is 11.1 Å². The Kier molecular flexibility index (Phi) is 4.68. The fraction of sp³-hybridized carbons (Fsp3) is 0.500. The molecule has 1 aromatic carbocycles. The number of aromatic nitrogens is 2. The highest BCUT2D eigenvalue weighted by Crippen LogP contribution is 2.38. The molecule has 2 aromatic rings. The second-order valence-corrected chi connectivity index (χ2v) is 7.27. The highest BCUT2D eigenvalue weighted by molar-refractivity contribution is 5.52. The number of likely N-dealkylation sites (N-methyl/N-ethyl adjacent to an activating group) is 1. The molecule has 2 aliphatic rings. The summed E-state index contributed by atoms with van der Waals surface area (Å²) < 4.78 is 0. The molecule has 1 saturated heterocycles. The Hall–Kier alpha value is -1.98. The number of hydrogen-bond donors (Lipinski definition) is 2. The van der Waals surface area contributed by atoms with E-state index in [1.54, 1.807) is 6.33 Å². The number of nitrogens with one attached hydrogen (secondary N) is 1. The fourth-order valence-corrected chi connectivity index (χ4v) is 4.27. The van der Waals surface area contributed by atoms with Gasteiger partial charge in [-0.1, -0.05) is 30.3 Å². The van der Waals surface area contributed by atoms with Gasteiger partial charge in [0, 0.05) is 30.7 Å². The molecule has 25 heavy (non-hydrogen) atoms. The third kappa shape index (κ3) is 3.26. The lowest BCUT2D eigenvalue weighted by molar-refractivity contribution is 0.560. The van der Waals surface area contributed by atoms with Crippen molar-refractivity contribution in [2.75, 3.05) is 25.0 Å². The Bertz CT molecular complexity index is 717. The third-order valence-electron chi connectivity index (χ3n) is 5.75. The number of nitrogens with two attached hydrogens (primary N) is 1. The van der Waals surface area contributed by atoms with Gasteiger partial charge in [-0.15, -0.1) is 0 Å². The van der Waals surface area contributed by atoms with Crippen molar-refractivity contribution in [1.82, 2.24) is 15.3 Å². The Morgan fingerprint density at radius 1 is 1.12 bits per heavy atom. The van der Waals surface area contributed by atoms with Gasteiger partial charge in [-0.2, -0.15) is 0 Å². The van der Waals surface area contributed by atoms with E-state index in [1.807, 2.05) is 7.05 Å². The van der Waals surface area contributed by atoms with Crippen LogP contribution in [0.3, 0.4) is 0 Å². The summed E-state index contributed by atoms with van der Waals surface area (Å²) in [4.78, 5) is 11.7. The number of nitrogens with zero attached hydrogens (tertiary/aromatic N) is 3. The van der Waals surface area contributed by atoms with Gasteiger partial charge in [0.05, 0.1) is 5.69 Å². The average molecular weight is 337 g/mol. The van der Waals surface area contributed by atoms with Gasteiger partial charge >= 0.3 is 0 Å². The molecule has 1 aliphatic carbocycles. The smallest absolute Gasteiger partial charge is 0.137 e. The average Bonchev–Trinajstić information content (AvgIpc) is 3.07. The van der Waals surface area contributed by atoms with Gasteiger partial charge < -0.3 is 16.0 Å². The topological polar surface area (TPSA) is 67.1 Å². The third-order valence-corrected chi connectivity index (χ3v) is 5.75. The first-order valence-corrected chi connectivity index (χ1v) is 9.32. The molecule has 0 saturated carbocycles. The lowest BCUT2D eigenvalue weighted by Gasteiger charge is -2.24. The molecule has 1 fully saturated rings. The van der Waals surface area contributed by atoms with Crippen LogP contribution in [0.5, 0.6) is 0 Å². The van der Waals surface area contributed by atoms with Gasteiger partial charge in [-0.3, -0.25) is 0 Å². The minimum absolute atomic E-state index is 0.0218. The van der Waals surface area contributed by atoms with Crippen molar-refractivity contribution in [2.45, 2.75) is 43.7 Å². The molecule has 0 amide bonds. The molecule has 3 atom stereocenters. The van der Waals surface area contributed by atoms with Crippen LogP contribution in [-0.2, 0) is 6.42 Å². The summed E-state index contributed by atoms with van der Waals surface area (Å²) in [5.41, 5.74) is 10.3. The summed E-state index contributed by atoms with van der Waals surface area (Å²) in [6, 6.07) is 11.3. The zero-order valence-electron chi connectivity index (χ0n) is 14.9. The quantitative estimate of drug-likeness (QED) is 0.842. The van der Waals surface area contributed by atoms with Crippen LogP contribution < -0.4 is 16.0 Å². The Morgan fingerprint density at radius 3 is 2.72 bits per heavy atom. The van der Waals surface area contributed by atoms with Crippen LogP contribution in [0.4, 0.5) is 5.82 Å². The second-order valence-electron chi connectivity index (χ2n) is 7.27. The predicted octanol–water partition coefficient (Wildman–Crippen LogP) is 2.39. The van der Waals surface area contributed by atoms with Crippen molar-refractivity contribution < 1.29 is 0 Å². The molecule has 132 valence electrons. The van der Waals surface area contributed by atoms with Crippen LogP contribution in [0.25, 0.3) is 0 Å². The molecule has 1 aliphatic heterocycles. The molecule has 2 heterocycles. The summed E-state index contributed by atoms with van der Waals surface area (Å²) in [7, 11) is 2.03. The predicted molar refractivity (Wildman–Crippen MR) is 101 cm³/mol. The van der Waals surface area contributed by atoms with E-state index in [2.05, 4.69) is 50.5 Å². The maximum atomic E-state index is 6.60. The molecule has 0 spiro atoms. The van der Waals surface area contributed by atoms with Crippen LogP contribution >= 0.6 is 0 Å². The zero-order chi connectivity index (χ0) is 17.2. The first-order chi connectivity index (χ1) is 12.3. The van der Waals surface area contributed by atoms with Gasteiger partial charge in [0.2, 0.25) is 0 Å². The van der Waals surface area contributed by atoms with Crippen molar-refractivity contribution in [3.8, 4) is 0 Å². The van der Waals surface area contributed by atoms with E-state index in [0.717, 1.165) is 50.3 Å². The molecule has 3 N–H and O–H groups in total. The van der Waals surface area contributed by atoms with Gasteiger partial charge in [-0.05, 0) is 44.2 Å². The van der Waals surface area contributed by atoms with Crippen LogP contribution in [0.15, 0.2) is 36.7 Å². The minimum Gasteiger partial charge on any atom is -0.355 e. The molecule has 5 nitrogen and oxygen atoms in total. The van der Waals surface area contributed by atoms with Crippen LogP contribution in [0.2, 0.25) is 0 Å². The summed E-state index contributed by atoms with van der Waals surface area (Å²) in [5.74, 6) is 1.55. The molecule has 0 radical (unpaired) electrons. The summed E-state index contributed by atoms with van der Waals surface area (Å²) in [6.45, 7) is 2.03. The first kappa shape index (κ1) is 16.5. The second kappa shape index (κ2) is 7.10. The maximum Gasteiger partial charge on any atom is 0.137 e. The molecule has 1 aromatic heterocycles. The molecule has 3 unspecified atom stereocenters. The number of fused-ring (bicyclic) bond motifs is 1. The van der Waals surface area contributed by atoms with E-state index in [4.69, 9.17) is 5.73 Å². The van der Waals surface area contributed by atoms with Crippen LogP contribution in [0, 0.1) is 0 Å². The molecule has 0 bridgehead atoms. The van der Waals surface area contributed by atoms with Crippen LogP contribution in [0.1, 0.15) is 48.0 Å². The van der Waals surface area contributed by atoms with E-state index >= 15 is 0 Å². The van der Waals surface area contributed by atoms with Crippen molar-refractivity contribution in [3.05, 3.63) is 53.5 Å². The molecular weight excluding hydrogens is 310 g/mol. The first-order valence-electron chi connectivity index (χ1n) is 9.32. The Morgan fingerprint density at radius 2 is 1.96 bits per heavy atom. The fourth-order valence-electron chi connectivity index (χ4n) is 4.27. The van der Waals surface area contributed by atoms with Gasteiger partial charge in [0.1, 0.15) is 12.1 Å². The van der Waals surface area contributed by atoms with Crippen molar-refractivity contribution in [2.24, 2.45) is 5.73 Å². The van der Waals surface area contributed by atoms with Crippen molar-refractivity contribution in [1.29, 1.82) is 0 Å². The molecule has 5 heteroatoms. The zero-order valence-corrected chi connectivity index (χ0v) is 14.9. The van der Waals surface area contributed by atoms with E-state index in [9.17, 15) is 0 Å². The SMILES string of the molecule is CNC1CCN(c2ncnc3c2C(N)CCC(c2ccccc2)C3)C1. The lowest BCUT2D eigenvalue weighted by atomic mass is 9.91. The van der Waals surface area contributed by atoms with E-state index < -0.39 is 0 Å². The maximum absolute atomic E-state index is 6.60. The highest BCUT2D eigenvalue weighted by Gasteiger charge is 2.30. The minimum atomic E-state index is 0.0218. The number of rotatable bonds is 3. The highest BCUT2D eigenvalue weighted by atomic mass is 15.2. The lowest BCUT2D eigenvalue weighted by Crippen LogP contribution is -2.31. The summed E-state index contributed by atoms with van der Waals surface area (Å²) >= 11 is 0. The molecule has 4 rings (SSSR count). The number of benzene rings is 1. The van der Waals surface area contributed by atoms with E-state index in [0.29, 0.717) is 12.0 Å². The standard InChI is InChI=1S/C20H27N5/c1-22-16-9-10-25(12-16)20-19-17(21)8-7-15(11-18(19)23-13-24-20)14-5-3-2-4-6-14/h2-6,13,15-17,22H,7-12,21H2,1H3.